The van der Waals surface area contributed by atoms with Gasteiger partial charge in [0.15, 0.2) is 0 Å². The number of carbonyl (C=O) groups excluding carboxylic acids is 2. The molecule has 1 aromatic carbocycles. The molecular weight excluding hydrogens is 320 g/mol. The van der Waals surface area contributed by atoms with Gasteiger partial charge in [0.1, 0.15) is 11.8 Å². The van der Waals surface area contributed by atoms with E-state index >= 15 is 0 Å². The van der Waals surface area contributed by atoms with Crippen LogP contribution in [0.1, 0.15) is 18.4 Å². The van der Waals surface area contributed by atoms with Crippen LogP contribution in [0.2, 0.25) is 0 Å². The molecule has 1 aliphatic heterocycles. The summed E-state index contributed by atoms with van der Waals surface area (Å²) in [5.74, 6) is 0.975. The minimum absolute atomic E-state index is 0.152. The number of carbonyl (C=O) groups is 2. The van der Waals surface area contributed by atoms with E-state index in [0.29, 0.717) is 30.3 Å². The van der Waals surface area contributed by atoms with Gasteiger partial charge < -0.3 is 20.7 Å². The maximum absolute atomic E-state index is 12.0. The number of amides is 3. The van der Waals surface area contributed by atoms with Crippen LogP contribution in [0.5, 0.6) is 11.6 Å². The van der Waals surface area contributed by atoms with Crippen molar-refractivity contribution < 1.29 is 14.3 Å². The average Bonchev–Trinajstić information content (AvgIpc) is 2.61. The fraction of sp³-hybridized carbons (Fsp3) is 0.278. The molecule has 0 unspecified atom stereocenters. The number of piperidine rings is 1. The Morgan fingerprint density at radius 3 is 2.72 bits per heavy atom. The molecule has 1 aromatic heterocycles. The first kappa shape index (κ1) is 16.8. The Balaban J connectivity index is 1.54. The van der Waals surface area contributed by atoms with Gasteiger partial charge in [-0.3, -0.25) is 4.79 Å². The fourth-order valence-corrected chi connectivity index (χ4v) is 2.48. The SMILES string of the molecule is Cc1ccc(Oc2ccc(NC(=O)N[C@H]3CCCNC3=O)cn2)cc1. The van der Waals surface area contributed by atoms with Crippen LogP contribution in [0.25, 0.3) is 0 Å². The Morgan fingerprint density at radius 2 is 2.04 bits per heavy atom. The van der Waals surface area contributed by atoms with Crippen molar-refractivity contribution in [3.05, 3.63) is 48.2 Å². The quantitative estimate of drug-likeness (QED) is 0.797. The fourth-order valence-electron chi connectivity index (χ4n) is 2.48. The molecule has 3 amide bonds. The van der Waals surface area contributed by atoms with Crippen molar-refractivity contribution in [2.75, 3.05) is 11.9 Å². The van der Waals surface area contributed by atoms with Crippen LogP contribution < -0.4 is 20.7 Å². The number of hydrogen-bond acceptors (Lipinski definition) is 4. The normalized spacial score (nSPS) is 16.7. The van der Waals surface area contributed by atoms with Gasteiger partial charge in [0, 0.05) is 12.6 Å². The Morgan fingerprint density at radius 1 is 1.24 bits per heavy atom. The highest BCUT2D eigenvalue weighted by Gasteiger charge is 2.23. The summed E-state index contributed by atoms with van der Waals surface area (Å²) in [6.45, 7) is 2.66. The molecule has 0 bridgehead atoms. The van der Waals surface area contributed by atoms with Crippen molar-refractivity contribution >= 4 is 17.6 Å². The zero-order valence-corrected chi connectivity index (χ0v) is 13.9. The molecule has 25 heavy (non-hydrogen) atoms. The number of pyridine rings is 1. The summed E-state index contributed by atoms with van der Waals surface area (Å²) in [7, 11) is 0. The number of hydrogen-bond donors (Lipinski definition) is 3. The van der Waals surface area contributed by atoms with Crippen molar-refractivity contribution in [2.45, 2.75) is 25.8 Å². The number of aromatic nitrogens is 1. The number of ether oxygens (including phenoxy) is 1. The summed E-state index contributed by atoms with van der Waals surface area (Å²) >= 11 is 0. The first-order valence-electron chi connectivity index (χ1n) is 8.16. The van der Waals surface area contributed by atoms with Crippen LogP contribution in [0.4, 0.5) is 10.5 Å². The van der Waals surface area contributed by atoms with E-state index in [9.17, 15) is 9.59 Å². The van der Waals surface area contributed by atoms with Gasteiger partial charge in [0.05, 0.1) is 11.9 Å². The standard InChI is InChI=1S/C18H20N4O3/c1-12-4-7-14(8-5-12)25-16-9-6-13(11-20-16)21-18(24)22-15-3-2-10-19-17(15)23/h4-9,11,15H,2-3,10H2,1H3,(H,19,23)(H2,21,22,24)/t15-/m0/s1. The predicted molar refractivity (Wildman–Crippen MR) is 93.7 cm³/mol. The zero-order chi connectivity index (χ0) is 17.6. The molecule has 0 aliphatic carbocycles. The topological polar surface area (TPSA) is 92.4 Å². The van der Waals surface area contributed by atoms with Crippen LogP contribution in [0.3, 0.4) is 0 Å². The van der Waals surface area contributed by atoms with Crippen LogP contribution in [-0.2, 0) is 4.79 Å². The molecule has 2 aromatic rings. The Bertz CT molecular complexity index is 744. The van der Waals surface area contributed by atoms with Gasteiger partial charge in [0.2, 0.25) is 11.8 Å². The number of rotatable bonds is 4. The molecule has 1 atom stereocenters. The molecule has 2 heterocycles. The van der Waals surface area contributed by atoms with Gasteiger partial charge in [-0.15, -0.1) is 0 Å². The predicted octanol–water partition coefficient (Wildman–Crippen LogP) is 2.58. The Labute approximate surface area is 145 Å². The summed E-state index contributed by atoms with van der Waals surface area (Å²) in [6.07, 6.45) is 2.99. The van der Waals surface area contributed by atoms with Gasteiger partial charge in [-0.1, -0.05) is 17.7 Å². The van der Waals surface area contributed by atoms with Gasteiger partial charge in [-0.2, -0.15) is 0 Å². The molecule has 1 saturated heterocycles. The number of aryl methyl sites for hydroxylation is 1. The third-order valence-corrected chi connectivity index (χ3v) is 3.83. The van der Waals surface area contributed by atoms with Crippen LogP contribution >= 0.6 is 0 Å². The molecular formula is C18H20N4O3. The smallest absolute Gasteiger partial charge is 0.319 e. The molecule has 7 nitrogen and oxygen atoms in total. The lowest BCUT2D eigenvalue weighted by Gasteiger charge is -2.22. The number of anilines is 1. The number of benzene rings is 1. The lowest BCUT2D eigenvalue weighted by Crippen LogP contribution is -2.51. The molecule has 130 valence electrons. The molecule has 1 aliphatic rings. The van der Waals surface area contributed by atoms with E-state index in [1.807, 2.05) is 31.2 Å². The molecule has 3 N–H and O–H groups in total. The number of urea groups is 1. The molecule has 0 saturated carbocycles. The van der Waals surface area contributed by atoms with E-state index < -0.39 is 12.1 Å². The summed E-state index contributed by atoms with van der Waals surface area (Å²) in [4.78, 5) is 27.8. The van der Waals surface area contributed by atoms with Crippen LogP contribution in [-0.4, -0.2) is 29.5 Å². The monoisotopic (exact) mass is 340 g/mol. The van der Waals surface area contributed by atoms with Gasteiger partial charge >= 0.3 is 6.03 Å². The highest BCUT2D eigenvalue weighted by molar-refractivity contribution is 5.93. The van der Waals surface area contributed by atoms with Gasteiger partial charge in [-0.05, 0) is 38.0 Å². The third kappa shape index (κ3) is 4.69. The summed E-state index contributed by atoms with van der Waals surface area (Å²) in [5.41, 5.74) is 1.67. The summed E-state index contributed by atoms with van der Waals surface area (Å²) in [5, 5.41) is 8.04. The maximum atomic E-state index is 12.0. The number of nitrogens with zero attached hydrogens (tertiary/aromatic N) is 1. The molecule has 3 rings (SSSR count). The highest BCUT2D eigenvalue weighted by Crippen LogP contribution is 2.20. The average molecular weight is 340 g/mol. The van der Waals surface area contributed by atoms with E-state index in [4.69, 9.17) is 4.74 Å². The lowest BCUT2D eigenvalue weighted by molar-refractivity contribution is -0.124. The van der Waals surface area contributed by atoms with Gasteiger partial charge in [-0.25, -0.2) is 9.78 Å². The minimum Gasteiger partial charge on any atom is -0.439 e. The first-order valence-corrected chi connectivity index (χ1v) is 8.16. The maximum Gasteiger partial charge on any atom is 0.319 e. The van der Waals surface area contributed by atoms with Crippen molar-refractivity contribution in [2.24, 2.45) is 0 Å². The minimum atomic E-state index is -0.495. The lowest BCUT2D eigenvalue weighted by atomic mass is 10.1. The summed E-state index contributed by atoms with van der Waals surface area (Å²) < 4.78 is 5.64. The van der Waals surface area contributed by atoms with Crippen LogP contribution in [0, 0.1) is 6.92 Å². The molecule has 1 fully saturated rings. The van der Waals surface area contributed by atoms with Crippen molar-refractivity contribution in [1.82, 2.24) is 15.6 Å². The molecule has 0 spiro atoms. The van der Waals surface area contributed by atoms with Gasteiger partial charge in [0.25, 0.3) is 0 Å². The molecule has 0 radical (unpaired) electrons. The van der Waals surface area contributed by atoms with E-state index in [-0.39, 0.29) is 5.91 Å². The first-order chi connectivity index (χ1) is 12.1. The van der Waals surface area contributed by atoms with E-state index in [1.165, 1.54) is 6.20 Å². The van der Waals surface area contributed by atoms with Crippen molar-refractivity contribution in [1.29, 1.82) is 0 Å². The highest BCUT2D eigenvalue weighted by atomic mass is 16.5. The second-order valence-electron chi connectivity index (χ2n) is 5.88. The van der Waals surface area contributed by atoms with Crippen molar-refractivity contribution in [3.63, 3.8) is 0 Å². The zero-order valence-electron chi connectivity index (χ0n) is 13.9. The second kappa shape index (κ2) is 7.65. The Hall–Kier alpha value is -3.09. The van der Waals surface area contributed by atoms with Crippen molar-refractivity contribution in [3.8, 4) is 11.6 Å². The third-order valence-electron chi connectivity index (χ3n) is 3.83. The van der Waals surface area contributed by atoms with Crippen LogP contribution in [0.15, 0.2) is 42.6 Å². The number of nitrogens with one attached hydrogen (secondary N) is 3. The molecule has 7 heteroatoms. The Kier molecular flexibility index (Phi) is 5.13. The summed E-state index contributed by atoms with van der Waals surface area (Å²) in [6, 6.07) is 10.1. The van der Waals surface area contributed by atoms with E-state index in [0.717, 1.165) is 12.0 Å². The second-order valence-corrected chi connectivity index (χ2v) is 5.88. The van der Waals surface area contributed by atoms with E-state index in [1.54, 1.807) is 12.1 Å². The largest absolute Gasteiger partial charge is 0.439 e. The van der Waals surface area contributed by atoms with E-state index in [2.05, 4.69) is 20.9 Å².